The fraction of sp³-hybridized carbons (Fsp3) is 0.412. The Morgan fingerprint density at radius 3 is 2.40 bits per heavy atom. The van der Waals surface area contributed by atoms with E-state index in [-0.39, 0.29) is 24.3 Å². The van der Waals surface area contributed by atoms with Gasteiger partial charge in [-0.3, -0.25) is 4.79 Å². The summed E-state index contributed by atoms with van der Waals surface area (Å²) in [4.78, 5) is 28.1. The second kappa shape index (κ2) is 11.7. The number of carbonyl (C=O) groups excluding carboxylic acids is 1. The van der Waals surface area contributed by atoms with Crippen LogP contribution in [0.1, 0.15) is 77.0 Å². The van der Waals surface area contributed by atoms with Crippen LogP contribution in [0.3, 0.4) is 0 Å². The van der Waals surface area contributed by atoms with Crippen molar-refractivity contribution in [2.45, 2.75) is 71.8 Å². The number of nitrogens with zero attached hydrogens (tertiary/aromatic N) is 1. The van der Waals surface area contributed by atoms with Crippen LogP contribution >= 0.6 is 0 Å². The molecular formula is C34H35F4NO6. The van der Waals surface area contributed by atoms with Crippen LogP contribution < -0.4 is 14.4 Å². The Labute approximate surface area is 258 Å². The van der Waals surface area contributed by atoms with Crippen LogP contribution in [0.2, 0.25) is 0 Å². The van der Waals surface area contributed by atoms with E-state index in [0.717, 1.165) is 19.2 Å². The molecule has 11 heteroatoms. The van der Waals surface area contributed by atoms with Crippen LogP contribution in [-0.2, 0) is 28.5 Å². The minimum atomic E-state index is -4.75. The van der Waals surface area contributed by atoms with E-state index in [1.165, 1.54) is 17.0 Å². The lowest BCUT2D eigenvalue weighted by Crippen LogP contribution is -2.30. The van der Waals surface area contributed by atoms with Crippen LogP contribution in [0.5, 0.6) is 11.5 Å². The van der Waals surface area contributed by atoms with Gasteiger partial charge in [-0.1, -0.05) is 6.07 Å². The highest BCUT2D eigenvalue weighted by molar-refractivity contribution is 6.10. The highest BCUT2D eigenvalue weighted by atomic mass is 19.4. The number of amides is 1. The van der Waals surface area contributed by atoms with Crippen molar-refractivity contribution in [3.63, 3.8) is 0 Å². The normalized spacial score (nSPS) is 15.3. The number of carbonyl (C=O) groups is 2. The van der Waals surface area contributed by atoms with Crippen molar-refractivity contribution < 1.29 is 46.5 Å². The molecule has 0 radical (unpaired) electrons. The van der Waals surface area contributed by atoms with Crippen LogP contribution in [0.25, 0.3) is 11.1 Å². The first-order valence-electron chi connectivity index (χ1n) is 14.6. The maximum absolute atomic E-state index is 15.6. The predicted octanol–water partition coefficient (Wildman–Crippen LogP) is 7.61. The molecule has 3 aromatic carbocycles. The van der Waals surface area contributed by atoms with Crippen molar-refractivity contribution in [3.05, 3.63) is 75.1 Å². The molecule has 0 aromatic heterocycles. The molecule has 0 fully saturated rings. The Hall–Kier alpha value is -4.12. The number of rotatable bonds is 6. The maximum Gasteiger partial charge on any atom is 0.419 e. The number of para-hydroxylation sites is 1. The van der Waals surface area contributed by atoms with E-state index in [1.807, 2.05) is 6.92 Å². The van der Waals surface area contributed by atoms with Gasteiger partial charge < -0.3 is 24.2 Å². The third-order valence-corrected chi connectivity index (χ3v) is 8.20. The van der Waals surface area contributed by atoms with Crippen molar-refractivity contribution in [1.29, 1.82) is 0 Å². The number of aryl methyl sites for hydroxylation is 1. The minimum Gasteiger partial charge on any atom is -0.495 e. The first-order chi connectivity index (χ1) is 21.0. The molecule has 1 amide bonds. The Kier molecular flexibility index (Phi) is 8.37. The Morgan fingerprint density at radius 2 is 1.78 bits per heavy atom. The van der Waals surface area contributed by atoms with E-state index in [0.29, 0.717) is 64.1 Å². The van der Waals surface area contributed by atoms with Gasteiger partial charge in [0.2, 0.25) is 0 Å². The lowest BCUT2D eigenvalue weighted by atomic mass is 9.83. The molecule has 0 aliphatic carbocycles. The number of ether oxygens (including phenoxy) is 3. The van der Waals surface area contributed by atoms with Crippen LogP contribution in [0.15, 0.2) is 30.3 Å². The van der Waals surface area contributed by atoms with Gasteiger partial charge in [-0.15, -0.1) is 0 Å². The summed E-state index contributed by atoms with van der Waals surface area (Å²) < 4.78 is 73.7. The van der Waals surface area contributed by atoms with Gasteiger partial charge in [0.1, 0.15) is 5.75 Å². The van der Waals surface area contributed by atoms with Gasteiger partial charge in [0.05, 0.1) is 30.4 Å². The number of anilines is 1. The number of hydrogen-bond acceptors (Lipinski definition) is 5. The van der Waals surface area contributed by atoms with Gasteiger partial charge in [-0.2, -0.15) is 13.2 Å². The molecule has 2 aliphatic heterocycles. The van der Waals surface area contributed by atoms with Crippen molar-refractivity contribution in [2.24, 2.45) is 0 Å². The molecular weight excluding hydrogens is 594 g/mol. The van der Waals surface area contributed by atoms with E-state index in [4.69, 9.17) is 14.2 Å². The van der Waals surface area contributed by atoms with E-state index < -0.39 is 46.9 Å². The molecule has 240 valence electrons. The van der Waals surface area contributed by atoms with Crippen LogP contribution in [0.4, 0.5) is 23.2 Å². The first-order valence-corrected chi connectivity index (χ1v) is 14.6. The number of halogens is 4. The fourth-order valence-electron chi connectivity index (χ4n) is 6.35. The second-order valence-corrected chi connectivity index (χ2v) is 12.3. The molecule has 0 saturated heterocycles. The number of hydrogen-bond donors (Lipinski definition) is 1. The van der Waals surface area contributed by atoms with Crippen molar-refractivity contribution in [3.8, 4) is 22.6 Å². The summed E-state index contributed by atoms with van der Waals surface area (Å²) in [6.07, 6.45) is -4.70. The molecule has 7 nitrogen and oxygen atoms in total. The van der Waals surface area contributed by atoms with Gasteiger partial charge in [-0.25, -0.2) is 9.18 Å². The summed E-state index contributed by atoms with van der Waals surface area (Å²) >= 11 is 0. The quantitative estimate of drug-likeness (QED) is 0.283. The molecule has 2 aliphatic rings. The summed E-state index contributed by atoms with van der Waals surface area (Å²) in [5.74, 6) is -2.96. The van der Waals surface area contributed by atoms with Crippen molar-refractivity contribution in [2.75, 3.05) is 25.2 Å². The maximum atomic E-state index is 15.6. The highest BCUT2D eigenvalue weighted by Gasteiger charge is 2.40. The fourth-order valence-corrected chi connectivity index (χ4v) is 6.35. The topological polar surface area (TPSA) is 85.3 Å². The number of benzene rings is 3. The van der Waals surface area contributed by atoms with Crippen molar-refractivity contribution >= 4 is 17.6 Å². The van der Waals surface area contributed by atoms with E-state index in [1.54, 1.807) is 33.8 Å². The van der Waals surface area contributed by atoms with E-state index >= 15 is 4.39 Å². The summed E-state index contributed by atoms with van der Waals surface area (Å²) in [6, 6.07) is 6.25. The third kappa shape index (κ3) is 5.85. The van der Waals surface area contributed by atoms with Gasteiger partial charge in [-0.05, 0) is 106 Å². The molecule has 0 spiro atoms. The SMILES string of the molecule is COc1c(C(=O)N2CCc3c2cc(C)c([C@H](OC(C)(C)C)C(=O)O)c3-c2cc(F)c3c(c2C)CCCO3)cccc1C(F)(F)F. The average Bonchev–Trinajstić information content (AvgIpc) is 3.38. The molecule has 45 heavy (non-hydrogen) atoms. The van der Waals surface area contributed by atoms with Gasteiger partial charge in [0.15, 0.2) is 17.7 Å². The number of aliphatic carboxylic acids is 1. The van der Waals surface area contributed by atoms with Gasteiger partial charge in [0.25, 0.3) is 5.91 Å². The number of fused-ring (bicyclic) bond motifs is 2. The molecule has 3 aromatic rings. The largest absolute Gasteiger partial charge is 0.495 e. The third-order valence-electron chi connectivity index (χ3n) is 8.20. The molecule has 1 N–H and O–H groups in total. The Balaban J connectivity index is 1.77. The molecule has 5 rings (SSSR count). The number of carboxylic acid groups (broad SMARTS) is 1. The zero-order valence-corrected chi connectivity index (χ0v) is 25.9. The highest BCUT2D eigenvalue weighted by Crippen LogP contribution is 2.48. The second-order valence-electron chi connectivity index (χ2n) is 12.3. The molecule has 0 bridgehead atoms. The molecule has 2 heterocycles. The molecule has 1 atom stereocenters. The van der Waals surface area contributed by atoms with Crippen LogP contribution in [-0.4, -0.2) is 42.8 Å². The summed E-state index contributed by atoms with van der Waals surface area (Å²) in [5, 5.41) is 10.4. The number of alkyl halides is 3. The van der Waals surface area contributed by atoms with E-state index in [9.17, 15) is 27.9 Å². The lowest BCUT2D eigenvalue weighted by Gasteiger charge is -2.30. The Bertz CT molecular complexity index is 1690. The Morgan fingerprint density at radius 1 is 1.07 bits per heavy atom. The van der Waals surface area contributed by atoms with Gasteiger partial charge >= 0.3 is 12.1 Å². The standard InChI is InChI=1S/C34H35F4NO6/c1-17-15-25-20(12-13-39(25)31(40)21-9-7-11-23(28(21)43-6)34(36,37)38)27(26(17)30(32(41)42)45-33(3,4)5)22-16-24(35)29-19(18(22)2)10-8-14-44-29/h7,9,11,15-16,30H,8,10,12-14H2,1-6H3,(H,41,42)/t30-/m0/s1. The van der Waals surface area contributed by atoms with Crippen molar-refractivity contribution in [1.82, 2.24) is 0 Å². The summed E-state index contributed by atoms with van der Waals surface area (Å²) in [6.45, 7) is 9.17. The monoisotopic (exact) mass is 629 g/mol. The predicted molar refractivity (Wildman–Crippen MR) is 160 cm³/mol. The summed E-state index contributed by atoms with van der Waals surface area (Å²) in [7, 11) is 1.08. The smallest absolute Gasteiger partial charge is 0.419 e. The lowest BCUT2D eigenvalue weighted by molar-refractivity contribution is -0.160. The van der Waals surface area contributed by atoms with Crippen LogP contribution in [0, 0.1) is 19.7 Å². The molecule has 0 saturated carbocycles. The summed E-state index contributed by atoms with van der Waals surface area (Å²) in [5.41, 5.74) is 1.81. The first kappa shape index (κ1) is 32.3. The zero-order valence-electron chi connectivity index (χ0n) is 25.9. The number of carboxylic acids is 1. The zero-order chi connectivity index (χ0) is 33.0. The molecule has 0 unspecified atom stereocenters. The number of methoxy groups -OCH3 is 1. The van der Waals surface area contributed by atoms with Gasteiger partial charge in [0, 0.05) is 23.4 Å². The minimum absolute atomic E-state index is 0.0942. The average molecular weight is 630 g/mol. The van der Waals surface area contributed by atoms with E-state index in [2.05, 4.69) is 0 Å².